The quantitative estimate of drug-likeness (QED) is 0.911. The molecular formula is C15H19F2N3. The largest absolute Gasteiger partial charge is 0.306 e. The molecule has 1 heterocycles. The van der Waals surface area contributed by atoms with Gasteiger partial charge < -0.3 is 5.32 Å². The number of hydrogen-bond acceptors (Lipinski definition) is 2. The Morgan fingerprint density at radius 3 is 2.60 bits per heavy atom. The van der Waals surface area contributed by atoms with Crippen molar-refractivity contribution in [3.63, 3.8) is 0 Å². The van der Waals surface area contributed by atoms with E-state index in [1.54, 1.807) is 10.7 Å². The normalized spacial score (nSPS) is 12.7. The summed E-state index contributed by atoms with van der Waals surface area (Å²) in [7, 11) is 1.85. The van der Waals surface area contributed by atoms with Crippen LogP contribution in [0.2, 0.25) is 0 Å². The van der Waals surface area contributed by atoms with E-state index in [0.29, 0.717) is 5.56 Å². The molecule has 2 aromatic rings. The van der Waals surface area contributed by atoms with Gasteiger partial charge in [-0.25, -0.2) is 8.78 Å². The molecule has 0 radical (unpaired) electrons. The van der Waals surface area contributed by atoms with E-state index in [0.717, 1.165) is 30.3 Å². The predicted octanol–water partition coefficient (Wildman–Crippen LogP) is 3.10. The highest BCUT2D eigenvalue weighted by Gasteiger charge is 2.19. The molecule has 1 aromatic heterocycles. The van der Waals surface area contributed by atoms with Gasteiger partial charge in [0.15, 0.2) is 11.6 Å². The summed E-state index contributed by atoms with van der Waals surface area (Å²) in [6.07, 6.45) is 2.86. The van der Waals surface area contributed by atoms with Gasteiger partial charge in [-0.05, 0) is 37.6 Å². The lowest BCUT2D eigenvalue weighted by Crippen LogP contribution is -2.23. The zero-order valence-electron chi connectivity index (χ0n) is 12.0. The third-order valence-corrected chi connectivity index (χ3v) is 3.24. The van der Waals surface area contributed by atoms with Crippen LogP contribution in [-0.4, -0.2) is 16.3 Å². The van der Waals surface area contributed by atoms with E-state index < -0.39 is 11.6 Å². The van der Waals surface area contributed by atoms with Gasteiger partial charge in [0.25, 0.3) is 0 Å². The number of nitrogens with one attached hydrogen (secondary N) is 1. The predicted molar refractivity (Wildman–Crippen MR) is 74.4 cm³/mol. The van der Waals surface area contributed by atoms with Crippen molar-refractivity contribution in [2.24, 2.45) is 7.05 Å². The van der Waals surface area contributed by atoms with Crippen LogP contribution in [0.3, 0.4) is 0 Å². The first-order valence-corrected chi connectivity index (χ1v) is 6.71. The van der Waals surface area contributed by atoms with E-state index in [1.807, 2.05) is 20.2 Å². The fourth-order valence-electron chi connectivity index (χ4n) is 2.29. The zero-order chi connectivity index (χ0) is 14.7. The molecule has 2 rings (SSSR count). The molecule has 0 aliphatic carbocycles. The maximum Gasteiger partial charge on any atom is 0.159 e. The van der Waals surface area contributed by atoms with Gasteiger partial charge in [0.1, 0.15) is 0 Å². The third-order valence-electron chi connectivity index (χ3n) is 3.24. The van der Waals surface area contributed by atoms with Crippen molar-refractivity contribution >= 4 is 0 Å². The fourth-order valence-corrected chi connectivity index (χ4v) is 2.29. The molecule has 3 nitrogen and oxygen atoms in total. The first kappa shape index (κ1) is 14.7. The van der Waals surface area contributed by atoms with Gasteiger partial charge in [-0.3, -0.25) is 4.68 Å². The minimum absolute atomic E-state index is 0.182. The number of benzene rings is 1. The van der Waals surface area contributed by atoms with Crippen LogP contribution in [0.1, 0.15) is 36.2 Å². The molecule has 0 bridgehead atoms. The Bertz CT molecular complexity index is 593. The molecular weight excluding hydrogens is 260 g/mol. The highest BCUT2D eigenvalue weighted by molar-refractivity contribution is 5.33. The second-order valence-corrected chi connectivity index (χ2v) is 4.90. The Balaban J connectivity index is 2.41. The lowest BCUT2D eigenvalue weighted by Gasteiger charge is -2.19. The molecule has 1 N–H and O–H groups in total. The number of hydrogen-bond donors (Lipinski definition) is 1. The maximum absolute atomic E-state index is 13.5. The van der Waals surface area contributed by atoms with Gasteiger partial charge in [-0.15, -0.1) is 0 Å². The van der Waals surface area contributed by atoms with E-state index in [4.69, 9.17) is 0 Å². The average Bonchev–Trinajstić information content (AvgIpc) is 2.73. The van der Waals surface area contributed by atoms with E-state index in [1.165, 1.54) is 6.07 Å². The van der Waals surface area contributed by atoms with Gasteiger partial charge in [0, 0.05) is 18.8 Å². The Kier molecular flexibility index (Phi) is 4.49. The summed E-state index contributed by atoms with van der Waals surface area (Å²) in [6, 6.07) is 3.84. The Hall–Kier alpha value is -1.75. The summed E-state index contributed by atoms with van der Waals surface area (Å²) in [5.41, 5.74) is 2.56. The molecule has 1 unspecified atom stereocenters. The number of halogens is 2. The Morgan fingerprint density at radius 1 is 1.30 bits per heavy atom. The molecule has 108 valence electrons. The molecule has 0 saturated carbocycles. The summed E-state index contributed by atoms with van der Waals surface area (Å²) in [4.78, 5) is 0. The molecule has 0 saturated heterocycles. The smallest absolute Gasteiger partial charge is 0.159 e. The Labute approximate surface area is 117 Å². The maximum atomic E-state index is 13.5. The van der Waals surface area contributed by atoms with Gasteiger partial charge in [-0.2, -0.15) is 5.10 Å². The van der Waals surface area contributed by atoms with E-state index in [9.17, 15) is 8.78 Å². The van der Waals surface area contributed by atoms with Crippen molar-refractivity contribution in [2.45, 2.75) is 26.3 Å². The van der Waals surface area contributed by atoms with E-state index >= 15 is 0 Å². The standard InChI is InChI=1S/C15H19F2N3/c1-4-7-18-15(12-9-20(3)19-10(12)2)11-5-6-13(16)14(17)8-11/h5-6,8-9,15,18H,4,7H2,1-3H3. The van der Waals surface area contributed by atoms with Crippen LogP contribution in [0.5, 0.6) is 0 Å². The first-order chi connectivity index (χ1) is 9.52. The van der Waals surface area contributed by atoms with Gasteiger partial charge in [0.2, 0.25) is 0 Å². The summed E-state index contributed by atoms with van der Waals surface area (Å²) in [6.45, 7) is 4.76. The molecule has 0 aliphatic heterocycles. The number of aryl methyl sites for hydroxylation is 2. The molecule has 5 heteroatoms. The van der Waals surface area contributed by atoms with Crippen LogP contribution in [-0.2, 0) is 7.05 Å². The minimum atomic E-state index is -0.828. The van der Waals surface area contributed by atoms with Crippen LogP contribution in [0.25, 0.3) is 0 Å². The topological polar surface area (TPSA) is 29.9 Å². The van der Waals surface area contributed by atoms with E-state index in [-0.39, 0.29) is 6.04 Å². The van der Waals surface area contributed by atoms with Crippen LogP contribution >= 0.6 is 0 Å². The second kappa shape index (κ2) is 6.13. The van der Waals surface area contributed by atoms with Gasteiger partial charge in [-0.1, -0.05) is 13.0 Å². The lowest BCUT2D eigenvalue weighted by atomic mass is 9.99. The first-order valence-electron chi connectivity index (χ1n) is 6.71. The summed E-state index contributed by atoms with van der Waals surface area (Å²) < 4.78 is 28.3. The van der Waals surface area contributed by atoms with Crippen molar-refractivity contribution in [2.75, 3.05) is 6.54 Å². The fraction of sp³-hybridized carbons (Fsp3) is 0.400. The Morgan fingerprint density at radius 2 is 2.05 bits per heavy atom. The van der Waals surface area contributed by atoms with Crippen molar-refractivity contribution in [3.05, 3.63) is 52.9 Å². The van der Waals surface area contributed by atoms with Gasteiger partial charge in [0.05, 0.1) is 11.7 Å². The molecule has 0 fully saturated rings. The molecule has 1 aromatic carbocycles. The van der Waals surface area contributed by atoms with Crippen LogP contribution in [0.4, 0.5) is 8.78 Å². The number of nitrogens with zero attached hydrogens (tertiary/aromatic N) is 2. The molecule has 0 aliphatic rings. The molecule has 1 atom stereocenters. The third kappa shape index (κ3) is 3.04. The average molecular weight is 279 g/mol. The summed E-state index contributed by atoms with van der Waals surface area (Å²) in [5.74, 6) is -1.65. The summed E-state index contributed by atoms with van der Waals surface area (Å²) >= 11 is 0. The van der Waals surface area contributed by atoms with Crippen molar-refractivity contribution in [3.8, 4) is 0 Å². The highest BCUT2D eigenvalue weighted by Crippen LogP contribution is 2.25. The zero-order valence-corrected chi connectivity index (χ0v) is 12.0. The van der Waals surface area contributed by atoms with Crippen molar-refractivity contribution in [1.82, 2.24) is 15.1 Å². The van der Waals surface area contributed by atoms with Crippen LogP contribution in [0, 0.1) is 18.6 Å². The number of rotatable bonds is 5. The lowest BCUT2D eigenvalue weighted by molar-refractivity contribution is 0.503. The molecule has 0 spiro atoms. The highest BCUT2D eigenvalue weighted by atomic mass is 19.2. The van der Waals surface area contributed by atoms with Crippen LogP contribution in [0.15, 0.2) is 24.4 Å². The van der Waals surface area contributed by atoms with Crippen molar-refractivity contribution in [1.29, 1.82) is 0 Å². The van der Waals surface area contributed by atoms with Gasteiger partial charge >= 0.3 is 0 Å². The monoisotopic (exact) mass is 279 g/mol. The summed E-state index contributed by atoms with van der Waals surface area (Å²) in [5, 5.41) is 7.67. The molecule has 0 amide bonds. The number of aromatic nitrogens is 2. The van der Waals surface area contributed by atoms with Crippen LogP contribution < -0.4 is 5.32 Å². The molecule has 20 heavy (non-hydrogen) atoms. The minimum Gasteiger partial charge on any atom is -0.306 e. The SMILES string of the molecule is CCCNC(c1ccc(F)c(F)c1)c1cn(C)nc1C. The van der Waals surface area contributed by atoms with Crippen molar-refractivity contribution < 1.29 is 8.78 Å². The second-order valence-electron chi connectivity index (χ2n) is 4.90. The van der Waals surface area contributed by atoms with E-state index in [2.05, 4.69) is 17.3 Å².